The largest absolute Gasteiger partial charge is 0.302 e. The smallest absolute Gasteiger partial charge is 0.240 e. The van der Waals surface area contributed by atoms with Crippen LogP contribution in [-0.2, 0) is 16.6 Å². The molecule has 0 bridgehead atoms. The van der Waals surface area contributed by atoms with Gasteiger partial charge in [0.25, 0.3) is 0 Å². The molecule has 1 rings (SSSR count). The predicted molar refractivity (Wildman–Crippen MR) is 48.3 cm³/mol. The van der Waals surface area contributed by atoms with Gasteiger partial charge in [0, 0.05) is 18.8 Å². The van der Waals surface area contributed by atoms with E-state index in [1.807, 2.05) is 0 Å². The van der Waals surface area contributed by atoms with Gasteiger partial charge in [0.05, 0.1) is 10.2 Å². The first kappa shape index (κ1) is 10.5. The van der Waals surface area contributed by atoms with Crippen molar-refractivity contribution in [2.75, 3.05) is 5.75 Å². The van der Waals surface area contributed by atoms with Crippen LogP contribution in [0.5, 0.6) is 0 Å². The van der Waals surface area contributed by atoms with E-state index in [4.69, 9.17) is 0 Å². The quantitative estimate of drug-likeness (QED) is 0.770. The Morgan fingerprint density at radius 3 is 2.38 bits per heavy atom. The van der Waals surface area contributed by atoms with Crippen molar-refractivity contribution < 1.29 is 12.3 Å². The minimum atomic E-state index is -4.42. The van der Waals surface area contributed by atoms with Gasteiger partial charge in [0.1, 0.15) is 5.82 Å². The minimum absolute atomic E-state index is 0.00782. The van der Waals surface area contributed by atoms with Gasteiger partial charge in [-0.2, -0.15) is 8.42 Å². The molecule has 0 saturated carbocycles. The lowest BCUT2D eigenvalue weighted by atomic mass is 10.4. The molecule has 0 aliphatic heterocycles. The highest BCUT2D eigenvalue weighted by atomic mass is 79.9. The monoisotopic (exact) mass is 268 g/mol. The van der Waals surface area contributed by atoms with E-state index < -0.39 is 16.0 Å². The summed E-state index contributed by atoms with van der Waals surface area (Å²) in [6.07, 6.45) is 2.95. The van der Waals surface area contributed by atoms with Crippen molar-refractivity contribution in [2.45, 2.75) is 6.42 Å². The molecule has 0 amide bonds. The highest BCUT2D eigenvalue weighted by molar-refractivity contribution is 9.10. The Balaban J connectivity index is 2.61. The molecule has 0 atom stereocenters. The third-order valence-corrected chi connectivity index (χ3v) is 2.34. The lowest BCUT2D eigenvalue weighted by Gasteiger charge is -1.95. The van der Waals surface area contributed by atoms with Gasteiger partial charge in [-0.1, -0.05) is 0 Å². The Morgan fingerprint density at radius 1 is 1.38 bits per heavy atom. The summed E-state index contributed by atoms with van der Waals surface area (Å²) < 4.78 is 33.0. The van der Waals surface area contributed by atoms with E-state index in [9.17, 15) is 12.3 Å². The van der Waals surface area contributed by atoms with E-state index in [0.717, 1.165) is 0 Å². The Bertz CT molecular complexity index is 378. The Morgan fingerprint density at radius 2 is 1.92 bits per heavy atom. The Kier molecular flexibility index (Phi) is 3.32. The third kappa shape index (κ3) is 4.28. The second-order valence-corrected chi connectivity index (χ2v) is 4.71. The molecule has 0 unspecified atom stereocenters. The third-order valence-electron chi connectivity index (χ3n) is 1.24. The van der Waals surface area contributed by atoms with E-state index in [0.29, 0.717) is 10.3 Å². The zero-order valence-corrected chi connectivity index (χ0v) is 8.85. The van der Waals surface area contributed by atoms with Crippen LogP contribution in [0.3, 0.4) is 0 Å². The number of aromatic nitrogens is 2. The first-order chi connectivity index (χ1) is 5.97. The Labute approximate surface area is 83.6 Å². The fourth-order valence-corrected chi connectivity index (χ4v) is 1.31. The van der Waals surface area contributed by atoms with Crippen molar-refractivity contribution in [1.29, 1.82) is 0 Å². The van der Waals surface area contributed by atoms with E-state index >= 15 is 0 Å². The summed E-state index contributed by atoms with van der Waals surface area (Å²) in [6, 6.07) is 0. The lowest BCUT2D eigenvalue weighted by Crippen LogP contribution is -2.05. The first-order valence-electron chi connectivity index (χ1n) is 3.36. The normalized spacial score (nSPS) is 11.5. The lowest BCUT2D eigenvalue weighted by molar-refractivity contribution is 0.550. The van der Waals surface area contributed by atoms with Gasteiger partial charge in [-0.15, -0.1) is 3.89 Å². The summed E-state index contributed by atoms with van der Waals surface area (Å²) in [4.78, 5) is 7.58. The van der Waals surface area contributed by atoms with Crippen molar-refractivity contribution in [1.82, 2.24) is 9.97 Å². The van der Waals surface area contributed by atoms with Crippen LogP contribution in [0.25, 0.3) is 0 Å². The van der Waals surface area contributed by atoms with Crippen molar-refractivity contribution in [3.05, 3.63) is 22.7 Å². The molecule has 1 aromatic rings. The van der Waals surface area contributed by atoms with Crippen LogP contribution in [0.15, 0.2) is 16.9 Å². The molecular weight excluding hydrogens is 263 g/mol. The fraction of sp³-hybridized carbons (Fsp3) is 0.333. The molecule has 0 radical (unpaired) electrons. The number of nitrogens with zero attached hydrogens (tertiary/aromatic N) is 2. The van der Waals surface area contributed by atoms with Crippen molar-refractivity contribution in [3.63, 3.8) is 0 Å². The fourth-order valence-electron chi connectivity index (χ4n) is 0.681. The van der Waals surface area contributed by atoms with Crippen LogP contribution >= 0.6 is 15.9 Å². The number of hydrogen-bond donors (Lipinski definition) is 0. The van der Waals surface area contributed by atoms with E-state index in [-0.39, 0.29) is 6.42 Å². The SMILES string of the molecule is O=S(=O)(F)CCc1ncc(Br)cn1. The van der Waals surface area contributed by atoms with Crippen molar-refractivity contribution in [3.8, 4) is 0 Å². The molecule has 1 aromatic heterocycles. The van der Waals surface area contributed by atoms with Crippen LogP contribution in [0.4, 0.5) is 3.89 Å². The summed E-state index contributed by atoms with van der Waals surface area (Å²) in [5, 5.41) is 0. The molecule has 13 heavy (non-hydrogen) atoms. The molecule has 7 heteroatoms. The van der Waals surface area contributed by atoms with Crippen molar-refractivity contribution in [2.24, 2.45) is 0 Å². The second-order valence-electron chi connectivity index (χ2n) is 2.31. The average Bonchev–Trinajstić information content (AvgIpc) is 2.02. The van der Waals surface area contributed by atoms with Crippen molar-refractivity contribution >= 4 is 26.2 Å². The number of aryl methyl sites for hydroxylation is 1. The van der Waals surface area contributed by atoms with Gasteiger partial charge in [-0.25, -0.2) is 9.97 Å². The van der Waals surface area contributed by atoms with Gasteiger partial charge >= 0.3 is 10.2 Å². The van der Waals surface area contributed by atoms with Gasteiger partial charge in [0.2, 0.25) is 0 Å². The molecular formula is C6H6BrFN2O2S. The summed E-state index contributed by atoms with van der Waals surface area (Å²) >= 11 is 3.12. The van der Waals surface area contributed by atoms with E-state index in [2.05, 4.69) is 25.9 Å². The summed E-state index contributed by atoms with van der Waals surface area (Å²) in [5.74, 6) is -0.265. The van der Waals surface area contributed by atoms with Gasteiger partial charge in [0.15, 0.2) is 0 Å². The molecule has 0 aliphatic carbocycles. The summed E-state index contributed by atoms with van der Waals surface area (Å²) in [5.41, 5.74) is 0. The van der Waals surface area contributed by atoms with Crippen LogP contribution < -0.4 is 0 Å². The highest BCUT2D eigenvalue weighted by Crippen LogP contribution is 2.05. The first-order valence-corrected chi connectivity index (χ1v) is 5.71. The maximum atomic E-state index is 12.1. The molecule has 0 N–H and O–H groups in total. The Hall–Kier alpha value is -0.560. The molecule has 1 heterocycles. The zero-order valence-electron chi connectivity index (χ0n) is 6.44. The predicted octanol–water partition coefficient (Wildman–Crippen LogP) is 1.08. The second kappa shape index (κ2) is 4.10. The molecule has 0 fully saturated rings. The average molecular weight is 269 g/mol. The number of hydrogen-bond acceptors (Lipinski definition) is 4. The van der Waals surface area contributed by atoms with E-state index in [1.165, 1.54) is 12.4 Å². The van der Waals surface area contributed by atoms with E-state index in [1.54, 1.807) is 0 Å². The molecule has 72 valence electrons. The molecule has 0 aliphatic rings. The maximum absolute atomic E-state index is 12.1. The van der Waals surface area contributed by atoms with Crippen LogP contribution in [0.1, 0.15) is 5.82 Å². The van der Waals surface area contributed by atoms with Gasteiger partial charge in [-0.05, 0) is 15.9 Å². The topological polar surface area (TPSA) is 59.9 Å². The molecule has 0 aromatic carbocycles. The zero-order chi connectivity index (χ0) is 9.90. The molecule has 0 spiro atoms. The van der Waals surface area contributed by atoms with Crippen LogP contribution in [0.2, 0.25) is 0 Å². The summed E-state index contributed by atoms with van der Waals surface area (Å²) in [6.45, 7) is 0. The molecule has 0 saturated heterocycles. The number of rotatable bonds is 3. The minimum Gasteiger partial charge on any atom is -0.240 e. The maximum Gasteiger partial charge on any atom is 0.302 e. The van der Waals surface area contributed by atoms with Crippen LogP contribution in [-0.4, -0.2) is 24.1 Å². The molecule has 4 nitrogen and oxygen atoms in total. The number of halogens is 2. The highest BCUT2D eigenvalue weighted by Gasteiger charge is 2.08. The standard InChI is InChI=1S/C6H6BrFN2O2S/c7-5-3-9-6(10-4-5)1-2-13(8,11)12/h3-4H,1-2H2. The summed E-state index contributed by atoms with van der Waals surface area (Å²) in [7, 11) is -4.42. The van der Waals surface area contributed by atoms with Crippen LogP contribution in [0, 0.1) is 0 Å². The van der Waals surface area contributed by atoms with Gasteiger partial charge in [-0.3, -0.25) is 0 Å². The van der Waals surface area contributed by atoms with Gasteiger partial charge < -0.3 is 0 Å².